The molecule has 0 unspecified atom stereocenters. The zero-order valence-electron chi connectivity index (χ0n) is 12.9. The molecule has 2 saturated carbocycles. The summed E-state index contributed by atoms with van der Waals surface area (Å²) in [7, 11) is 0. The third-order valence-electron chi connectivity index (χ3n) is 5.06. The van der Waals surface area contributed by atoms with Crippen LogP contribution in [0.1, 0.15) is 31.2 Å². The van der Waals surface area contributed by atoms with E-state index in [1.807, 2.05) is 0 Å². The van der Waals surface area contributed by atoms with Crippen LogP contribution in [0.4, 0.5) is 5.69 Å². The topological polar surface area (TPSA) is 103 Å². The van der Waals surface area contributed by atoms with E-state index >= 15 is 0 Å². The molecule has 0 saturated heterocycles. The number of nitro groups is 1. The fraction of sp³-hybridized carbons (Fsp3) is 0.500. The Bertz CT molecular complexity index is 721. The predicted molar refractivity (Wildman–Crippen MR) is 83.9 cm³/mol. The molecular formula is C16H17N3O5. The summed E-state index contributed by atoms with van der Waals surface area (Å²) in [6.45, 7) is 0.0360. The lowest BCUT2D eigenvalue weighted by molar-refractivity contribution is -0.385. The number of fused-ring (bicyclic) bond motifs is 2. The van der Waals surface area contributed by atoms with Crippen LogP contribution < -0.4 is 14.9 Å². The number of hydrogen-bond acceptors (Lipinski definition) is 6. The summed E-state index contributed by atoms with van der Waals surface area (Å²) in [4.78, 5) is 22.8. The Balaban J connectivity index is 1.46. The van der Waals surface area contributed by atoms with Gasteiger partial charge in [-0.25, -0.2) is 5.43 Å². The van der Waals surface area contributed by atoms with Crippen molar-refractivity contribution in [1.82, 2.24) is 5.43 Å². The van der Waals surface area contributed by atoms with Crippen LogP contribution in [0.15, 0.2) is 17.2 Å². The summed E-state index contributed by atoms with van der Waals surface area (Å²) in [5.41, 5.74) is 2.64. The molecule has 0 aromatic heterocycles. The van der Waals surface area contributed by atoms with Crippen LogP contribution in [-0.4, -0.2) is 23.8 Å². The molecule has 1 aliphatic heterocycles. The van der Waals surface area contributed by atoms with Crippen LogP contribution in [0.2, 0.25) is 0 Å². The van der Waals surface area contributed by atoms with Crippen LogP contribution in [-0.2, 0) is 4.79 Å². The standard InChI is InChI=1S/C16H17N3O5/c20-16(15-10-3-1-2-4-11(10)15)18-17-7-9-5-13-14(24-8-23-13)6-12(9)19(21)22/h5-7,10-11,15H,1-4,8H2,(H,18,20)/t10-,11-/m0/s1. The van der Waals surface area contributed by atoms with Gasteiger partial charge in [0.1, 0.15) is 0 Å². The quantitative estimate of drug-likeness (QED) is 0.517. The van der Waals surface area contributed by atoms with Crippen LogP contribution in [0.25, 0.3) is 0 Å². The molecule has 0 radical (unpaired) electrons. The zero-order chi connectivity index (χ0) is 16.7. The molecule has 1 N–H and O–H groups in total. The average molecular weight is 331 g/mol. The van der Waals surface area contributed by atoms with E-state index in [1.54, 1.807) is 0 Å². The maximum Gasteiger partial charge on any atom is 0.282 e. The molecule has 1 heterocycles. The van der Waals surface area contributed by atoms with Crippen molar-refractivity contribution >= 4 is 17.8 Å². The molecule has 2 aliphatic carbocycles. The van der Waals surface area contributed by atoms with Crippen molar-refractivity contribution in [2.45, 2.75) is 25.7 Å². The lowest BCUT2D eigenvalue weighted by Crippen LogP contribution is -2.20. The fourth-order valence-corrected chi connectivity index (χ4v) is 3.83. The highest BCUT2D eigenvalue weighted by molar-refractivity contribution is 5.89. The van der Waals surface area contributed by atoms with E-state index in [2.05, 4.69) is 10.5 Å². The number of amides is 1. The number of nitro benzene ring substituents is 1. The van der Waals surface area contributed by atoms with Gasteiger partial charge in [-0.15, -0.1) is 0 Å². The van der Waals surface area contributed by atoms with Crippen molar-refractivity contribution in [2.75, 3.05) is 6.79 Å². The van der Waals surface area contributed by atoms with Gasteiger partial charge in [-0.1, -0.05) is 12.8 Å². The lowest BCUT2D eigenvalue weighted by atomic mass is 10.0. The van der Waals surface area contributed by atoms with Crippen molar-refractivity contribution in [2.24, 2.45) is 22.9 Å². The number of carbonyl (C=O) groups excluding carboxylic acids is 1. The largest absolute Gasteiger partial charge is 0.454 e. The zero-order valence-corrected chi connectivity index (χ0v) is 12.9. The van der Waals surface area contributed by atoms with Gasteiger partial charge in [0.15, 0.2) is 11.5 Å². The van der Waals surface area contributed by atoms with Crippen LogP contribution in [0.3, 0.4) is 0 Å². The van der Waals surface area contributed by atoms with E-state index in [0.29, 0.717) is 23.3 Å². The number of carbonyl (C=O) groups is 1. The van der Waals surface area contributed by atoms with Crippen molar-refractivity contribution in [3.63, 3.8) is 0 Å². The number of hydrogen-bond donors (Lipinski definition) is 1. The second kappa shape index (κ2) is 5.77. The van der Waals surface area contributed by atoms with Gasteiger partial charge in [-0.2, -0.15) is 5.10 Å². The van der Waals surface area contributed by atoms with Gasteiger partial charge in [0.2, 0.25) is 12.7 Å². The Kier molecular flexibility index (Phi) is 3.59. The number of rotatable bonds is 4. The molecule has 1 aromatic carbocycles. The van der Waals surface area contributed by atoms with Crippen molar-refractivity contribution in [3.05, 3.63) is 27.8 Å². The third kappa shape index (κ3) is 2.57. The van der Waals surface area contributed by atoms with Gasteiger partial charge < -0.3 is 9.47 Å². The number of ether oxygens (including phenoxy) is 2. The minimum atomic E-state index is -0.513. The van der Waals surface area contributed by atoms with Crippen molar-refractivity contribution in [1.29, 1.82) is 0 Å². The number of nitrogens with zero attached hydrogens (tertiary/aromatic N) is 2. The normalized spacial score (nSPS) is 26.9. The van der Waals surface area contributed by atoms with Crippen LogP contribution in [0.5, 0.6) is 11.5 Å². The summed E-state index contributed by atoms with van der Waals surface area (Å²) in [5.74, 6) is 1.72. The molecule has 0 spiro atoms. The Morgan fingerprint density at radius 1 is 1.25 bits per heavy atom. The Labute approximate surface area is 138 Å². The highest BCUT2D eigenvalue weighted by Crippen LogP contribution is 2.55. The molecule has 8 nitrogen and oxygen atoms in total. The molecular weight excluding hydrogens is 314 g/mol. The number of nitrogens with one attached hydrogen (secondary N) is 1. The van der Waals surface area contributed by atoms with Gasteiger partial charge in [0.05, 0.1) is 22.8 Å². The molecule has 8 heteroatoms. The van der Waals surface area contributed by atoms with E-state index in [-0.39, 0.29) is 29.9 Å². The highest BCUT2D eigenvalue weighted by atomic mass is 16.7. The predicted octanol–water partition coefficient (Wildman–Crippen LogP) is 2.21. The van der Waals surface area contributed by atoms with Gasteiger partial charge in [0, 0.05) is 5.92 Å². The Hall–Kier alpha value is -2.64. The smallest absolute Gasteiger partial charge is 0.282 e. The summed E-state index contributed by atoms with van der Waals surface area (Å²) in [6.07, 6.45) is 5.89. The van der Waals surface area contributed by atoms with E-state index in [4.69, 9.17) is 9.47 Å². The maximum absolute atomic E-state index is 12.2. The second-order valence-corrected chi connectivity index (χ2v) is 6.39. The SMILES string of the molecule is O=C(NN=Cc1cc2c(cc1[N+](=O)[O-])OCO2)C1[C@H]2CCCC[C@H]12. The van der Waals surface area contributed by atoms with E-state index in [1.165, 1.54) is 31.2 Å². The molecule has 2 atom stereocenters. The molecule has 126 valence electrons. The van der Waals surface area contributed by atoms with Gasteiger partial charge in [-0.05, 0) is 30.7 Å². The molecule has 1 amide bonds. The molecule has 1 aromatic rings. The van der Waals surface area contributed by atoms with E-state index < -0.39 is 4.92 Å². The van der Waals surface area contributed by atoms with Crippen LogP contribution >= 0.6 is 0 Å². The first kappa shape index (κ1) is 14.9. The van der Waals surface area contributed by atoms with Gasteiger partial charge >= 0.3 is 0 Å². The van der Waals surface area contributed by atoms with Crippen molar-refractivity contribution in [3.8, 4) is 11.5 Å². The molecule has 0 bridgehead atoms. The van der Waals surface area contributed by atoms with Crippen molar-refractivity contribution < 1.29 is 19.2 Å². The third-order valence-corrected chi connectivity index (χ3v) is 5.06. The molecule has 4 rings (SSSR count). The summed E-state index contributed by atoms with van der Waals surface area (Å²) >= 11 is 0. The molecule has 24 heavy (non-hydrogen) atoms. The Morgan fingerprint density at radius 3 is 2.58 bits per heavy atom. The Morgan fingerprint density at radius 2 is 1.92 bits per heavy atom. The minimum Gasteiger partial charge on any atom is -0.454 e. The van der Waals surface area contributed by atoms with Gasteiger partial charge in [-0.3, -0.25) is 14.9 Å². The number of benzene rings is 1. The average Bonchev–Trinajstić information content (AvgIpc) is 3.13. The first-order chi connectivity index (χ1) is 11.6. The summed E-state index contributed by atoms with van der Waals surface area (Å²) in [5, 5.41) is 15.1. The molecule has 2 fully saturated rings. The summed E-state index contributed by atoms with van der Waals surface area (Å²) in [6, 6.07) is 2.80. The van der Waals surface area contributed by atoms with E-state index in [0.717, 1.165) is 12.8 Å². The van der Waals surface area contributed by atoms with Crippen LogP contribution in [0, 0.1) is 27.9 Å². The second-order valence-electron chi connectivity index (χ2n) is 6.39. The lowest BCUT2D eigenvalue weighted by Gasteiger charge is -2.04. The monoisotopic (exact) mass is 331 g/mol. The molecule has 3 aliphatic rings. The number of hydrazone groups is 1. The summed E-state index contributed by atoms with van der Waals surface area (Å²) < 4.78 is 10.4. The van der Waals surface area contributed by atoms with Gasteiger partial charge in [0.25, 0.3) is 5.69 Å². The maximum atomic E-state index is 12.2. The fourth-order valence-electron chi connectivity index (χ4n) is 3.83. The highest BCUT2D eigenvalue weighted by Gasteiger charge is 2.54. The van der Waals surface area contributed by atoms with E-state index in [9.17, 15) is 14.9 Å². The minimum absolute atomic E-state index is 0.0360. The first-order valence-electron chi connectivity index (χ1n) is 8.06. The first-order valence-corrected chi connectivity index (χ1v) is 8.06.